The van der Waals surface area contributed by atoms with Crippen molar-refractivity contribution in [1.82, 2.24) is 0 Å². The molecule has 1 aliphatic rings. The second-order valence-corrected chi connectivity index (χ2v) is 4.83. The van der Waals surface area contributed by atoms with Crippen LogP contribution < -0.4 is 5.73 Å². The Bertz CT molecular complexity index is 160. The lowest BCUT2D eigenvalue weighted by Crippen LogP contribution is -2.42. The Morgan fingerprint density at radius 1 is 1.38 bits per heavy atom. The molecule has 2 nitrogen and oxygen atoms in total. The third-order valence-corrected chi connectivity index (χ3v) is 3.91. The lowest BCUT2D eigenvalue weighted by atomic mass is 9.62. The van der Waals surface area contributed by atoms with E-state index in [0.29, 0.717) is 5.92 Å². The van der Waals surface area contributed by atoms with Crippen molar-refractivity contribution in [2.75, 3.05) is 13.2 Å². The minimum atomic E-state index is 0.229. The second-order valence-electron chi connectivity index (χ2n) is 4.83. The molecule has 0 radical (unpaired) electrons. The van der Waals surface area contributed by atoms with Crippen LogP contribution in [0.4, 0.5) is 0 Å². The molecule has 0 aromatic carbocycles. The van der Waals surface area contributed by atoms with Gasteiger partial charge >= 0.3 is 0 Å². The third-order valence-electron chi connectivity index (χ3n) is 3.91. The maximum Gasteiger partial charge on any atom is 0.0436 e. The average molecular weight is 185 g/mol. The van der Waals surface area contributed by atoms with E-state index in [1.807, 2.05) is 0 Å². The number of nitrogens with two attached hydrogens (primary N) is 1. The molecule has 1 aliphatic carbocycles. The van der Waals surface area contributed by atoms with E-state index in [4.69, 9.17) is 10.8 Å². The number of rotatable bonds is 3. The summed E-state index contributed by atoms with van der Waals surface area (Å²) in [6, 6.07) is 0. The first-order chi connectivity index (χ1) is 6.14. The summed E-state index contributed by atoms with van der Waals surface area (Å²) in [6.07, 6.45) is 4.69. The van der Waals surface area contributed by atoms with Crippen LogP contribution in [-0.2, 0) is 0 Å². The molecule has 0 aromatic rings. The lowest BCUT2D eigenvalue weighted by molar-refractivity contribution is 0.0530. The Morgan fingerprint density at radius 2 is 2.08 bits per heavy atom. The van der Waals surface area contributed by atoms with E-state index in [1.165, 1.54) is 19.3 Å². The molecule has 0 heterocycles. The van der Waals surface area contributed by atoms with Gasteiger partial charge in [-0.1, -0.05) is 20.3 Å². The number of hydrogen-bond donors (Lipinski definition) is 2. The van der Waals surface area contributed by atoms with Crippen LogP contribution in [0.3, 0.4) is 0 Å². The molecule has 3 unspecified atom stereocenters. The molecule has 3 N–H and O–H groups in total. The summed E-state index contributed by atoms with van der Waals surface area (Å²) in [4.78, 5) is 0. The molecule has 3 atom stereocenters. The van der Waals surface area contributed by atoms with Crippen LogP contribution in [0.25, 0.3) is 0 Å². The fourth-order valence-corrected chi connectivity index (χ4v) is 2.80. The van der Waals surface area contributed by atoms with Gasteiger partial charge in [-0.25, -0.2) is 0 Å². The highest BCUT2D eigenvalue weighted by Gasteiger charge is 2.38. The molecular formula is C11H23NO. The molecule has 78 valence electrons. The monoisotopic (exact) mass is 185 g/mol. The van der Waals surface area contributed by atoms with E-state index >= 15 is 0 Å². The molecule has 1 saturated carbocycles. The SMILES string of the molecule is CC1CCC(C)C(CN)(CCO)C1. The summed E-state index contributed by atoms with van der Waals surface area (Å²) < 4.78 is 0. The van der Waals surface area contributed by atoms with Gasteiger partial charge in [0, 0.05) is 6.61 Å². The molecule has 0 amide bonds. The standard InChI is InChI=1S/C11H23NO/c1-9-3-4-10(2)11(7-9,8-12)5-6-13/h9-10,13H,3-8,12H2,1-2H3. The van der Waals surface area contributed by atoms with E-state index in [-0.39, 0.29) is 12.0 Å². The van der Waals surface area contributed by atoms with Gasteiger partial charge in [0.2, 0.25) is 0 Å². The van der Waals surface area contributed by atoms with E-state index in [9.17, 15) is 0 Å². The van der Waals surface area contributed by atoms with Gasteiger partial charge in [0.15, 0.2) is 0 Å². The van der Waals surface area contributed by atoms with Crippen molar-refractivity contribution in [3.05, 3.63) is 0 Å². The summed E-state index contributed by atoms with van der Waals surface area (Å²) in [7, 11) is 0. The third kappa shape index (κ3) is 2.23. The highest BCUT2D eigenvalue weighted by Crippen LogP contribution is 2.45. The van der Waals surface area contributed by atoms with Crippen LogP contribution in [0.15, 0.2) is 0 Å². The Labute approximate surface area is 81.5 Å². The van der Waals surface area contributed by atoms with Crippen LogP contribution >= 0.6 is 0 Å². The predicted molar refractivity (Wildman–Crippen MR) is 55.4 cm³/mol. The first-order valence-corrected chi connectivity index (χ1v) is 5.45. The fourth-order valence-electron chi connectivity index (χ4n) is 2.80. The highest BCUT2D eigenvalue weighted by atomic mass is 16.3. The van der Waals surface area contributed by atoms with Crippen molar-refractivity contribution in [2.45, 2.75) is 39.5 Å². The van der Waals surface area contributed by atoms with Gasteiger partial charge < -0.3 is 10.8 Å². The maximum absolute atomic E-state index is 9.06. The molecule has 13 heavy (non-hydrogen) atoms. The average Bonchev–Trinajstić information content (AvgIpc) is 2.12. The topological polar surface area (TPSA) is 46.2 Å². The molecule has 0 aliphatic heterocycles. The summed E-state index contributed by atoms with van der Waals surface area (Å²) in [5, 5.41) is 9.06. The van der Waals surface area contributed by atoms with Crippen LogP contribution in [0.5, 0.6) is 0 Å². The molecule has 1 rings (SSSR count). The Hall–Kier alpha value is -0.0800. The van der Waals surface area contributed by atoms with E-state index in [0.717, 1.165) is 18.9 Å². The minimum Gasteiger partial charge on any atom is -0.396 e. The van der Waals surface area contributed by atoms with E-state index in [1.54, 1.807) is 0 Å². The zero-order valence-corrected chi connectivity index (χ0v) is 8.92. The van der Waals surface area contributed by atoms with Gasteiger partial charge in [-0.15, -0.1) is 0 Å². The zero-order chi connectivity index (χ0) is 9.90. The summed E-state index contributed by atoms with van der Waals surface area (Å²) in [6.45, 7) is 5.61. The van der Waals surface area contributed by atoms with Crippen molar-refractivity contribution < 1.29 is 5.11 Å². The maximum atomic E-state index is 9.06. The second kappa shape index (κ2) is 4.43. The quantitative estimate of drug-likeness (QED) is 0.704. The Morgan fingerprint density at radius 3 is 2.62 bits per heavy atom. The zero-order valence-electron chi connectivity index (χ0n) is 8.92. The highest BCUT2D eigenvalue weighted by molar-refractivity contribution is 4.90. The van der Waals surface area contributed by atoms with Gasteiger partial charge in [0.1, 0.15) is 0 Å². The summed E-state index contributed by atoms with van der Waals surface area (Å²) in [5.74, 6) is 1.46. The van der Waals surface area contributed by atoms with Crippen molar-refractivity contribution in [3.63, 3.8) is 0 Å². The van der Waals surface area contributed by atoms with Gasteiger partial charge in [0.05, 0.1) is 0 Å². The molecule has 2 heteroatoms. The number of aliphatic hydroxyl groups excluding tert-OH is 1. The summed E-state index contributed by atoms with van der Waals surface area (Å²) >= 11 is 0. The smallest absolute Gasteiger partial charge is 0.0436 e. The van der Waals surface area contributed by atoms with E-state index < -0.39 is 0 Å². The van der Waals surface area contributed by atoms with Crippen LogP contribution in [0, 0.1) is 17.3 Å². The predicted octanol–water partition coefficient (Wildman–Crippen LogP) is 1.77. The Kier molecular flexibility index (Phi) is 3.74. The van der Waals surface area contributed by atoms with Crippen molar-refractivity contribution in [1.29, 1.82) is 0 Å². The first kappa shape index (κ1) is 11.0. The van der Waals surface area contributed by atoms with Gasteiger partial charge in [-0.05, 0) is 43.1 Å². The first-order valence-electron chi connectivity index (χ1n) is 5.45. The van der Waals surface area contributed by atoms with Crippen LogP contribution in [0.1, 0.15) is 39.5 Å². The largest absolute Gasteiger partial charge is 0.396 e. The van der Waals surface area contributed by atoms with Gasteiger partial charge in [-0.3, -0.25) is 0 Å². The van der Waals surface area contributed by atoms with Gasteiger partial charge in [-0.2, -0.15) is 0 Å². The molecule has 0 aromatic heterocycles. The van der Waals surface area contributed by atoms with E-state index in [2.05, 4.69) is 13.8 Å². The molecule has 0 bridgehead atoms. The normalized spacial score (nSPS) is 40.6. The fraction of sp³-hybridized carbons (Fsp3) is 1.00. The van der Waals surface area contributed by atoms with Crippen molar-refractivity contribution in [2.24, 2.45) is 23.0 Å². The molecule has 1 fully saturated rings. The molecule has 0 saturated heterocycles. The lowest BCUT2D eigenvalue weighted by Gasteiger charge is -2.44. The van der Waals surface area contributed by atoms with Crippen LogP contribution in [0.2, 0.25) is 0 Å². The van der Waals surface area contributed by atoms with Crippen molar-refractivity contribution in [3.8, 4) is 0 Å². The number of aliphatic hydroxyl groups is 1. The molecule has 0 spiro atoms. The van der Waals surface area contributed by atoms with Crippen molar-refractivity contribution >= 4 is 0 Å². The molecular weight excluding hydrogens is 162 g/mol. The minimum absolute atomic E-state index is 0.229. The Balaban J connectivity index is 2.67. The summed E-state index contributed by atoms with van der Waals surface area (Å²) in [5.41, 5.74) is 6.09. The number of hydrogen-bond acceptors (Lipinski definition) is 2. The van der Waals surface area contributed by atoms with Gasteiger partial charge in [0.25, 0.3) is 0 Å². The van der Waals surface area contributed by atoms with Crippen LogP contribution in [-0.4, -0.2) is 18.3 Å².